The summed E-state index contributed by atoms with van der Waals surface area (Å²) in [5.74, 6) is 1.22. The van der Waals surface area contributed by atoms with E-state index < -0.39 is 0 Å². The van der Waals surface area contributed by atoms with Crippen molar-refractivity contribution in [2.45, 2.75) is 20.4 Å². The lowest BCUT2D eigenvalue weighted by Gasteiger charge is -2.11. The lowest BCUT2D eigenvalue weighted by molar-refractivity contribution is 0.453. The van der Waals surface area contributed by atoms with E-state index in [4.69, 9.17) is 16.3 Å². The van der Waals surface area contributed by atoms with Gasteiger partial charge in [-0.05, 0) is 37.2 Å². The first kappa shape index (κ1) is 13.8. The topological polar surface area (TPSA) is 34.2 Å². The highest BCUT2D eigenvalue weighted by Gasteiger charge is 2.08. The fraction of sp³-hybridized carbons (Fsp3) is 0.267. The van der Waals surface area contributed by atoms with Crippen LogP contribution in [0.25, 0.3) is 0 Å². The van der Waals surface area contributed by atoms with Crippen LogP contribution in [0.15, 0.2) is 36.5 Å². The molecule has 0 fully saturated rings. The maximum Gasteiger partial charge on any atom is 0.223 e. The van der Waals surface area contributed by atoms with E-state index in [1.54, 1.807) is 6.20 Å². The molecule has 0 saturated heterocycles. The first-order valence-corrected chi connectivity index (χ1v) is 6.67. The second-order valence-corrected chi connectivity index (χ2v) is 4.69. The Kier molecular flexibility index (Phi) is 4.77. The van der Waals surface area contributed by atoms with E-state index >= 15 is 0 Å². The summed E-state index contributed by atoms with van der Waals surface area (Å²) in [7, 11) is 0. The van der Waals surface area contributed by atoms with Crippen molar-refractivity contribution in [1.82, 2.24) is 10.3 Å². The molecule has 1 aromatic carbocycles. The summed E-state index contributed by atoms with van der Waals surface area (Å²) in [6.07, 6.45) is 1.72. The van der Waals surface area contributed by atoms with Crippen molar-refractivity contribution in [3.8, 4) is 11.6 Å². The second kappa shape index (κ2) is 6.55. The van der Waals surface area contributed by atoms with Crippen LogP contribution in [0.2, 0.25) is 5.02 Å². The van der Waals surface area contributed by atoms with E-state index in [1.807, 2.05) is 37.3 Å². The molecule has 0 aliphatic heterocycles. The van der Waals surface area contributed by atoms with E-state index in [1.165, 1.54) is 0 Å². The van der Waals surface area contributed by atoms with Crippen molar-refractivity contribution in [2.75, 3.05) is 6.54 Å². The highest BCUT2D eigenvalue weighted by atomic mass is 35.5. The van der Waals surface area contributed by atoms with Crippen molar-refractivity contribution in [2.24, 2.45) is 0 Å². The number of benzene rings is 1. The fourth-order valence-corrected chi connectivity index (χ4v) is 1.98. The maximum absolute atomic E-state index is 6.17. The number of hydrogen-bond donors (Lipinski definition) is 1. The minimum absolute atomic E-state index is 0.592. The van der Waals surface area contributed by atoms with Crippen LogP contribution in [-0.4, -0.2) is 11.5 Å². The Hall–Kier alpha value is -1.58. The molecule has 1 N–H and O–H groups in total. The van der Waals surface area contributed by atoms with Gasteiger partial charge in [0, 0.05) is 18.3 Å². The standard InChI is InChI=1S/C15H17ClN2O/c1-3-17-10-12-5-4-8-18-15(12)19-14-7-6-11(2)9-13(14)16/h4-9,17H,3,10H2,1-2H3. The van der Waals surface area contributed by atoms with E-state index in [2.05, 4.69) is 17.2 Å². The zero-order valence-electron chi connectivity index (χ0n) is 11.1. The molecule has 0 atom stereocenters. The summed E-state index contributed by atoms with van der Waals surface area (Å²) in [5.41, 5.74) is 2.12. The van der Waals surface area contributed by atoms with Gasteiger partial charge in [-0.1, -0.05) is 30.7 Å². The Morgan fingerprint density at radius 3 is 2.89 bits per heavy atom. The maximum atomic E-state index is 6.17. The van der Waals surface area contributed by atoms with Crippen LogP contribution in [0.5, 0.6) is 11.6 Å². The van der Waals surface area contributed by atoms with Gasteiger partial charge < -0.3 is 10.1 Å². The average Bonchev–Trinajstić information content (AvgIpc) is 2.41. The highest BCUT2D eigenvalue weighted by Crippen LogP contribution is 2.30. The molecular formula is C15H17ClN2O. The minimum Gasteiger partial charge on any atom is -0.437 e. The van der Waals surface area contributed by atoms with Gasteiger partial charge in [0.2, 0.25) is 5.88 Å². The smallest absolute Gasteiger partial charge is 0.223 e. The molecule has 0 unspecified atom stereocenters. The Labute approximate surface area is 118 Å². The number of pyridine rings is 1. The van der Waals surface area contributed by atoms with Crippen molar-refractivity contribution in [3.63, 3.8) is 0 Å². The lowest BCUT2D eigenvalue weighted by Crippen LogP contribution is -2.12. The van der Waals surface area contributed by atoms with Gasteiger partial charge in [-0.15, -0.1) is 0 Å². The molecule has 0 aliphatic carbocycles. The molecule has 0 radical (unpaired) electrons. The molecule has 100 valence electrons. The third-order valence-electron chi connectivity index (χ3n) is 2.71. The molecule has 2 rings (SSSR count). The molecule has 1 aromatic heterocycles. The van der Waals surface area contributed by atoms with Crippen LogP contribution in [-0.2, 0) is 6.54 Å². The molecule has 4 heteroatoms. The largest absolute Gasteiger partial charge is 0.437 e. The Morgan fingerprint density at radius 2 is 2.16 bits per heavy atom. The normalized spacial score (nSPS) is 10.5. The third-order valence-corrected chi connectivity index (χ3v) is 3.00. The number of halogens is 1. The summed E-state index contributed by atoms with van der Waals surface area (Å²) in [6, 6.07) is 9.60. The van der Waals surface area contributed by atoms with Crippen LogP contribution in [0, 0.1) is 6.92 Å². The fourth-order valence-electron chi connectivity index (χ4n) is 1.70. The number of hydrogen-bond acceptors (Lipinski definition) is 3. The number of nitrogens with zero attached hydrogens (tertiary/aromatic N) is 1. The van der Waals surface area contributed by atoms with Gasteiger partial charge in [-0.3, -0.25) is 0 Å². The third kappa shape index (κ3) is 3.69. The van der Waals surface area contributed by atoms with Crippen LogP contribution < -0.4 is 10.1 Å². The summed E-state index contributed by atoms with van der Waals surface area (Å²) in [4.78, 5) is 4.27. The van der Waals surface area contributed by atoms with Crippen LogP contribution >= 0.6 is 11.6 Å². The van der Waals surface area contributed by atoms with Gasteiger partial charge in [0.25, 0.3) is 0 Å². The Balaban J connectivity index is 2.22. The van der Waals surface area contributed by atoms with Gasteiger partial charge in [0.05, 0.1) is 5.02 Å². The quantitative estimate of drug-likeness (QED) is 0.898. The van der Waals surface area contributed by atoms with Gasteiger partial charge >= 0.3 is 0 Å². The van der Waals surface area contributed by atoms with Gasteiger partial charge in [-0.2, -0.15) is 0 Å². The van der Waals surface area contributed by atoms with Crippen molar-refractivity contribution >= 4 is 11.6 Å². The SMILES string of the molecule is CCNCc1cccnc1Oc1ccc(C)cc1Cl. The van der Waals surface area contributed by atoms with Crippen molar-refractivity contribution < 1.29 is 4.74 Å². The van der Waals surface area contributed by atoms with Crippen LogP contribution in [0.4, 0.5) is 0 Å². The summed E-state index contributed by atoms with van der Waals surface area (Å²) in [5, 5.41) is 3.86. The van der Waals surface area contributed by atoms with Gasteiger partial charge in [0.1, 0.15) is 5.75 Å². The summed E-state index contributed by atoms with van der Waals surface area (Å²) in [6.45, 7) is 5.68. The predicted octanol–water partition coefficient (Wildman–Crippen LogP) is 3.95. The zero-order chi connectivity index (χ0) is 13.7. The van der Waals surface area contributed by atoms with E-state index in [0.717, 1.165) is 24.2 Å². The molecule has 0 amide bonds. The van der Waals surface area contributed by atoms with Crippen LogP contribution in [0.3, 0.4) is 0 Å². The Morgan fingerprint density at radius 1 is 1.32 bits per heavy atom. The summed E-state index contributed by atoms with van der Waals surface area (Å²) < 4.78 is 5.81. The first-order valence-electron chi connectivity index (χ1n) is 6.29. The predicted molar refractivity (Wildman–Crippen MR) is 77.9 cm³/mol. The second-order valence-electron chi connectivity index (χ2n) is 4.28. The minimum atomic E-state index is 0.592. The van der Waals surface area contributed by atoms with Gasteiger partial charge in [-0.25, -0.2) is 4.98 Å². The molecule has 0 spiro atoms. The van der Waals surface area contributed by atoms with E-state index in [0.29, 0.717) is 16.7 Å². The first-order chi connectivity index (χ1) is 9.20. The van der Waals surface area contributed by atoms with Crippen molar-refractivity contribution in [1.29, 1.82) is 0 Å². The number of ether oxygens (including phenoxy) is 1. The Bertz CT molecular complexity index is 558. The molecular weight excluding hydrogens is 260 g/mol. The molecule has 0 saturated carbocycles. The average molecular weight is 277 g/mol. The molecule has 0 aliphatic rings. The van der Waals surface area contributed by atoms with E-state index in [9.17, 15) is 0 Å². The molecule has 1 heterocycles. The molecule has 19 heavy (non-hydrogen) atoms. The molecule has 3 nitrogen and oxygen atoms in total. The molecule has 0 bridgehead atoms. The monoisotopic (exact) mass is 276 g/mol. The number of aromatic nitrogens is 1. The number of rotatable bonds is 5. The summed E-state index contributed by atoms with van der Waals surface area (Å²) >= 11 is 6.17. The van der Waals surface area contributed by atoms with Gasteiger partial charge in [0.15, 0.2) is 0 Å². The van der Waals surface area contributed by atoms with E-state index in [-0.39, 0.29) is 0 Å². The zero-order valence-corrected chi connectivity index (χ0v) is 11.9. The highest BCUT2D eigenvalue weighted by molar-refractivity contribution is 6.32. The van der Waals surface area contributed by atoms with Crippen LogP contribution in [0.1, 0.15) is 18.1 Å². The number of nitrogens with one attached hydrogen (secondary N) is 1. The van der Waals surface area contributed by atoms with Crippen molar-refractivity contribution in [3.05, 3.63) is 52.7 Å². The molecule has 2 aromatic rings. The lowest BCUT2D eigenvalue weighted by atomic mass is 10.2. The number of aryl methyl sites for hydroxylation is 1.